The van der Waals surface area contributed by atoms with Crippen molar-refractivity contribution in [3.8, 4) is 11.5 Å². The first-order valence-corrected chi connectivity index (χ1v) is 8.02. The van der Waals surface area contributed by atoms with Gasteiger partial charge in [0.25, 0.3) is 5.91 Å². The summed E-state index contributed by atoms with van der Waals surface area (Å²) < 4.78 is 50.5. The highest BCUT2D eigenvalue weighted by Crippen LogP contribution is 2.32. The lowest BCUT2D eigenvalue weighted by atomic mass is 10.1. The standard InChI is InChI=1S/C18H17F3N2O3/c1-10(18(24)22-13-5-4-12(19)16(20)17(13)21)23(2)8-11-3-6-14-15(7-11)26-9-25-14/h3-7,10H,8-9H2,1-2H3,(H,22,24)/p+1/t10-/m0/s1. The van der Waals surface area contributed by atoms with E-state index in [0.717, 1.165) is 22.6 Å². The average Bonchev–Trinajstić information content (AvgIpc) is 3.09. The third kappa shape index (κ3) is 3.60. The molecule has 0 saturated heterocycles. The number of amides is 1. The second-order valence-electron chi connectivity index (χ2n) is 6.14. The number of ether oxygens (including phenoxy) is 2. The number of hydrogen-bond acceptors (Lipinski definition) is 3. The number of benzene rings is 2. The molecular weight excluding hydrogens is 349 g/mol. The largest absolute Gasteiger partial charge is 0.454 e. The molecule has 0 fully saturated rings. The van der Waals surface area contributed by atoms with E-state index in [9.17, 15) is 18.0 Å². The molecule has 0 saturated carbocycles. The van der Waals surface area contributed by atoms with Crippen LogP contribution in [0.4, 0.5) is 18.9 Å². The van der Waals surface area contributed by atoms with Crippen molar-refractivity contribution in [1.29, 1.82) is 0 Å². The Hall–Kier alpha value is -2.74. The van der Waals surface area contributed by atoms with Crippen molar-refractivity contribution in [2.24, 2.45) is 0 Å². The lowest BCUT2D eigenvalue weighted by molar-refractivity contribution is -0.907. The van der Waals surface area contributed by atoms with Gasteiger partial charge >= 0.3 is 0 Å². The molecule has 2 aromatic rings. The topological polar surface area (TPSA) is 52.0 Å². The highest BCUT2D eigenvalue weighted by molar-refractivity contribution is 5.93. The van der Waals surface area contributed by atoms with Gasteiger partial charge in [0.15, 0.2) is 35.0 Å². The van der Waals surface area contributed by atoms with Crippen molar-refractivity contribution in [2.75, 3.05) is 19.2 Å². The Balaban J connectivity index is 1.65. The van der Waals surface area contributed by atoms with Crippen LogP contribution in [0.1, 0.15) is 12.5 Å². The number of quaternary nitrogens is 1. The molecule has 1 amide bonds. The molecule has 1 heterocycles. The summed E-state index contributed by atoms with van der Waals surface area (Å²) in [4.78, 5) is 13.1. The van der Waals surface area contributed by atoms with E-state index in [4.69, 9.17) is 9.47 Å². The van der Waals surface area contributed by atoms with Gasteiger partial charge in [-0.1, -0.05) is 0 Å². The first-order valence-electron chi connectivity index (χ1n) is 8.02. The van der Waals surface area contributed by atoms with Gasteiger partial charge < -0.3 is 19.7 Å². The lowest BCUT2D eigenvalue weighted by Crippen LogP contribution is -3.12. The fourth-order valence-corrected chi connectivity index (χ4v) is 2.61. The van der Waals surface area contributed by atoms with E-state index < -0.39 is 35.1 Å². The molecule has 5 nitrogen and oxygen atoms in total. The molecular formula is C18H18F3N2O3+. The Kier molecular flexibility index (Phi) is 5.03. The number of nitrogens with one attached hydrogen (secondary N) is 2. The van der Waals surface area contributed by atoms with Crippen LogP contribution in [0.15, 0.2) is 30.3 Å². The van der Waals surface area contributed by atoms with Crippen LogP contribution in [0.5, 0.6) is 11.5 Å². The van der Waals surface area contributed by atoms with Gasteiger partial charge in [0.1, 0.15) is 6.54 Å². The number of hydrogen-bond donors (Lipinski definition) is 2. The number of carbonyl (C=O) groups is 1. The number of anilines is 1. The van der Waals surface area contributed by atoms with Crippen molar-refractivity contribution in [1.82, 2.24) is 0 Å². The maximum absolute atomic E-state index is 13.7. The highest BCUT2D eigenvalue weighted by Gasteiger charge is 2.25. The number of carbonyl (C=O) groups excluding carboxylic acids is 1. The van der Waals surface area contributed by atoms with E-state index >= 15 is 0 Å². The molecule has 8 heteroatoms. The third-order valence-corrected chi connectivity index (χ3v) is 4.35. The van der Waals surface area contributed by atoms with Crippen molar-refractivity contribution < 1.29 is 32.3 Å². The second-order valence-corrected chi connectivity index (χ2v) is 6.14. The molecule has 0 bridgehead atoms. The lowest BCUT2D eigenvalue weighted by Gasteiger charge is -2.21. The van der Waals surface area contributed by atoms with Crippen LogP contribution in [0.25, 0.3) is 0 Å². The van der Waals surface area contributed by atoms with Crippen LogP contribution in [0.3, 0.4) is 0 Å². The molecule has 0 aromatic heterocycles. The highest BCUT2D eigenvalue weighted by atomic mass is 19.2. The molecule has 2 aromatic carbocycles. The summed E-state index contributed by atoms with van der Waals surface area (Å²) >= 11 is 0. The summed E-state index contributed by atoms with van der Waals surface area (Å²) in [6.45, 7) is 2.35. The number of rotatable bonds is 5. The molecule has 0 radical (unpaired) electrons. The minimum absolute atomic E-state index is 0.181. The van der Waals surface area contributed by atoms with E-state index in [1.165, 1.54) is 0 Å². The molecule has 0 spiro atoms. The van der Waals surface area contributed by atoms with E-state index in [1.807, 2.05) is 12.1 Å². The third-order valence-electron chi connectivity index (χ3n) is 4.35. The molecule has 138 valence electrons. The normalized spacial score (nSPS) is 14.8. The monoisotopic (exact) mass is 367 g/mol. The molecule has 2 N–H and O–H groups in total. The summed E-state index contributed by atoms with van der Waals surface area (Å²) in [6.07, 6.45) is 0. The van der Waals surface area contributed by atoms with Crippen molar-refractivity contribution in [2.45, 2.75) is 19.5 Å². The molecule has 0 aliphatic carbocycles. The average molecular weight is 367 g/mol. The van der Waals surface area contributed by atoms with Crippen LogP contribution in [-0.2, 0) is 11.3 Å². The first kappa shape index (κ1) is 18.1. The molecule has 1 aliphatic rings. The number of likely N-dealkylation sites (N-methyl/N-ethyl adjacent to an activating group) is 1. The predicted molar refractivity (Wildman–Crippen MR) is 87.6 cm³/mol. The zero-order valence-corrected chi connectivity index (χ0v) is 14.2. The van der Waals surface area contributed by atoms with E-state index in [2.05, 4.69) is 5.32 Å². The fourth-order valence-electron chi connectivity index (χ4n) is 2.61. The van der Waals surface area contributed by atoms with Crippen LogP contribution in [0.2, 0.25) is 0 Å². The minimum atomic E-state index is -1.61. The first-order chi connectivity index (χ1) is 12.4. The number of fused-ring (bicyclic) bond motifs is 1. The molecule has 26 heavy (non-hydrogen) atoms. The Bertz CT molecular complexity index is 845. The van der Waals surface area contributed by atoms with Gasteiger partial charge in [-0.15, -0.1) is 0 Å². The van der Waals surface area contributed by atoms with Crippen molar-refractivity contribution in [3.63, 3.8) is 0 Å². The summed E-state index contributed by atoms with van der Waals surface area (Å²) in [6, 6.07) is 6.70. The van der Waals surface area contributed by atoms with Gasteiger partial charge in [0, 0.05) is 5.56 Å². The predicted octanol–water partition coefficient (Wildman–Crippen LogP) is 1.87. The Morgan fingerprint density at radius 2 is 1.88 bits per heavy atom. The SMILES string of the molecule is C[C@@H](C(=O)Nc1ccc(F)c(F)c1F)[NH+](C)Cc1ccc2c(c1)OCO2. The van der Waals surface area contributed by atoms with Gasteiger partial charge in [-0.05, 0) is 37.3 Å². The van der Waals surface area contributed by atoms with Gasteiger partial charge in [-0.2, -0.15) is 0 Å². The maximum Gasteiger partial charge on any atom is 0.282 e. The second kappa shape index (κ2) is 7.25. The van der Waals surface area contributed by atoms with Crippen LogP contribution < -0.4 is 19.7 Å². The van der Waals surface area contributed by atoms with Crippen molar-refractivity contribution >= 4 is 11.6 Å². The summed E-state index contributed by atoms with van der Waals surface area (Å²) in [5.74, 6) is -3.52. The van der Waals surface area contributed by atoms with Gasteiger partial charge in [-0.3, -0.25) is 4.79 Å². The van der Waals surface area contributed by atoms with Gasteiger partial charge in [-0.25, -0.2) is 13.2 Å². The van der Waals surface area contributed by atoms with E-state index in [-0.39, 0.29) is 6.79 Å². The van der Waals surface area contributed by atoms with E-state index in [1.54, 1.807) is 20.0 Å². The molecule has 1 aliphatic heterocycles. The fraction of sp³-hybridized carbons (Fsp3) is 0.278. The number of halogens is 3. The minimum Gasteiger partial charge on any atom is -0.454 e. The molecule has 3 rings (SSSR count). The quantitative estimate of drug-likeness (QED) is 0.794. The smallest absolute Gasteiger partial charge is 0.282 e. The van der Waals surface area contributed by atoms with E-state index in [0.29, 0.717) is 18.0 Å². The Labute approximate surface area is 148 Å². The Morgan fingerprint density at radius 1 is 1.15 bits per heavy atom. The summed E-state index contributed by atoms with van der Waals surface area (Å²) in [7, 11) is 1.80. The summed E-state index contributed by atoms with van der Waals surface area (Å²) in [5, 5.41) is 2.30. The summed E-state index contributed by atoms with van der Waals surface area (Å²) in [5.41, 5.74) is 0.544. The van der Waals surface area contributed by atoms with Crippen LogP contribution >= 0.6 is 0 Å². The van der Waals surface area contributed by atoms with Crippen LogP contribution in [-0.4, -0.2) is 25.8 Å². The van der Waals surface area contributed by atoms with Crippen molar-refractivity contribution in [3.05, 3.63) is 53.3 Å². The zero-order valence-electron chi connectivity index (χ0n) is 14.2. The zero-order chi connectivity index (χ0) is 18.8. The Morgan fingerprint density at radius 3 is 2.65 bits per heavy atom. The maximum atomic E-state index is 13.7. The van der Waals surface area contributed by atoms with Gasteiger partial charge in [0.2, 0.25) is 6.79 Å². The van der Waals surface area contributed by atoms with Gasteiger partial charge in [0.05, 0.1) is 12.7 Å². The van der Waals surface area contributed by atoms with Crippen LogP contribution in [0, 0.1) is 17.5 Å². The molecule has 1 unspecified atom stereocenters. The molecule has 2 atom stereocenters.